The molecule has 1 N–H and O–H groups in total. The van der Waals surface area contributed by atoms with Crippen LogP contribution in [-0.4, -0.2) is 69.0 Å². The number of hydrogen-bond acceptors (Lipinski definition) is 9. The molecule has 1 aromatic carbocycles. The van der Waals surface area contributed by atoms with Gasteiger partial charge in [-0.3, -0.25) is 14.5 Å². The summed E-state index contributed by atoms with van der Waals surface area (Å²) in [6.45, 7) is 7.80. The largest absolute Gasteiger partial charge is 0.497 e. The van der Waals surface area contributed by atoms with Gasteiger partial charge < -0.3 is 19.2 Å². The number of carbonyl (C=O) groups excluding carboxylic acids is 1. The second kappa shape index (κ2) is 11.6. The number of esters is 1. The van der Waals surface area contributed by atoms with E-state index in [9.17, 15) is 9.59 Å². The topological polar surface area (TPSA) is 124 Å². The van der Waals surface area contributed by atoms with Crippen molar-refractivity contribution < 1.29 is 19.0 Å². The Morgan fingerprint density at radius 2 is 2.17 bits per heavy atom. The van der Waals surface area contributed by atoms with E-state index in [0.29, 0.717) is 24.5 Å². The number of nitrogens with one attached hydrogen (secondary N) is 1. The highest BCUT2D eigenvalue weighted by molar-refractivity contribution is 5.80. The second-order valence-corrected chi connectivity index (χ2v) is 9.33. The van der Waals surface area contributed by atoms with Gasteiger partial charge in [-0.25, -0.2) is 4.68 Å². The Morgan fingerprint density at radius 3 is 2.86 bits per heavy atom. The molecule has 0 radical (unpaired) electrons. The number of benzene rings is 1. The van der Waals surface area contributed by atoms with Crippen LogP contribution in [0.3, 0.4) is 0 Å². The number of tetrazole rings is 1. The zero-order chi connectivity index (χ0) is 25.7. The van der Waals surface area contributed by atoms with Crippen LogP contribution in [0.5, 0.6) is 5.75 Å². The maximum Gasteiger partial charge on any atom is 0.327 e. The number of ether oxygens (including phenoxy) is 3. The van der Waals surface area contributed by atoms with Crippen LogP contribution in [0.4, 0.5) is 0 Å². The molecule has 0 bridgehead atoms. The Bertz CT molecular complexity index is 1230. The molecule has 36 heavy (non-hydrogen) atoms. The molecule has 2 atom stereocenters. The molecule has 1 aliphatic rings. The number of pyridine rings is 1. The van der Waals surface area contributed by atoms with Gasteiger partial charge in [-0.15, -0.1) is 5.10 Å². The number of H-pyrrole nitrogens is 1. The van der Waals surface area contributed by atoms with Crippen molar-refractivity contribution in [2.24, 2.45) is 5.92 Å². The van der Waals surface area contributed by atoms with Crippen LogP contribution < -0.4 is 10.3 Å². The third kappa shape index (κ3) is 5.90. The molecule has 1 fully saturated rings. The Hall–Kier alpha value is -3.31. The van der Waals surface area contributed by atoms with Crippen LogP contribution in [0.1, 0.15) is 51.0 Å². The smallest absolute Gasteiger partial charge is 0.327 e. The molecule has 3 heterocycles. The number of nitrogens with zero attached hydrogens (tertiary/aromatic N) is 5. The lowest BCUT2D eigenvalue weighted by Crippen LogP contribution is -2.40. The zero-order valence-corrected chi connectivity index (χ0v) is 21.3. The molecular formula is C25H34N6O5. The minimum atomic E-state index is -0.404. The van der Waals surface area contributed by atoms with Crippen molar-refractivity contribution in [2.75, 3.05) is 26.9 Å². The van der Waals surface area contributed by atoms with Crippen LogP contribution in [0.2, 0.25) is 0 Å². The third-order valence-corrected chi connectivity index (χ3v) is 6.40. The van der Waals surface area contributed by atoms with Crippen molar-refractivity contribution in [3.8, 4) is 5.75 Å². The Labute approximate surface area is 209 Å². The Balaban J connectivity index is 1.71. The van der Waals surface area contributed by atoms with E-state index in [4.69, 9.17) is 14.2 Å². The summed E-state index contributed by atoms with van der Waals surface area (Å²) < 4.78 is 17.9. The standard InChI is InChI=1S/C25H34N6O5/c1-5-35-22(32)15-31-24(27-28-29-31)23(16(2)3)30(14-20-7-6-10-36-20)13-18-11-17-12-19(34-4)8-9-21(17)26-25(18)33/h8-9,11-12,16,20,23H,5-7,10,13-15H2,1-4H3,(H,26,33)/t20-,23+/m1/s1. The van der Waals surface area contributed by atoms with Gasteiger partial charge in [0.1, 0.15) is 12.3 Å². The first-order chi connectivity index (χ1) is 17.4. The average molecular weight is 499 g/mol. The molecule has 0 aliphatic carbocycles. The minimum absolute atomic E-state index is 0.0419. The molecule has 0 spiro atoms. The van der Waals surface area contributed by atoms with Crippen molar-refractivity contribution in [1.29, 1.82) is 0 Å². The maximum atomic E-state index is 13.1. The van der Waals surface area contributed by atoms with Crippen LogP contribution in [-0.2, 0) is 27.4 Å². The van der Waals surface area contributed by atoms with Crippen LogP contribution in [0.15, 0.2) is 29.1 Å². The number of rotatable bonds is 11. The molecule has 0 unspecified atom stereocenters. The van der Waals surface area contributed by atoms with E-state index in [2.05, 4.69) is 39.3 Å². The molecule has 1 saturated heterocycles. The summed E-state index contributed by atoms with van der Waals surface area (Å²) in [7, 11) is 1.62. The van der Waals surface area contributed by atoms with Crippen molar-refractivity contribution in [1.82, 2.24) is 30.1 Å². The van der Waals surface area contributed by atoms with Crippen molar-refractivity contribution >= 4 is 16.9 Å². The maximum absolute atomic E-state index is 13.1. The molecular weight excluding hydrogens is 464 g/mol. The Kier molecular flexibility index (Phi) is 8.32. The lowest BCUT2D eigenvalue weighted by Gasteiger charge is -2.34. The second-order valence-electron chi connectivity index (χ2n) is 9.33. The minimum Gasteiger partial charge on any atom is -0.497 e. The highest BCUT2D eigenvalue weighted by Gasteiger charge is 2.33. The van der Waals surface area contributed by atoms with Gasteiger partial charge in [-0.05, 0) is 60.4 Å². The average Bonchev–Trinajstić information content (AvgIpc) is 3.52. The zero-order valence-electron chi connectivity index (χ0n) is 21.3. The first kappa shape index (κ1) is 25.8. The van der Waals surface area contributed by atoms with Crippen molar-refractivity contribution in [2.45, 2.75) is 58.8 Å². The quantitative estimate of drug-likeness (QED) is 0.397. The van der Waals surface area contributed by atoms with Crippen molar-refractivity contribution in [3.63, 3.8) is 0 Å². The van der Waals surface area contributed by atoms with Gasteiger partial charge in [0.25, 0.3) is 5.56 Å². The predicted molar refractivity (Wildman–Crippen MR) is 133 cm³/mol. The van der Waals surface area contributed by atoms with Gasteiger partial charge in [0, 0.05) is 36.2 Å². The SMILES string of the molecule is CCOC(=O)Cn1nnnc1[C@H](C(C)C)N(Cc1cc2cc(OC)ccc2[nH]c1=O)C[C@H]1CCCO1. The van der Waals surface area contributed by atoms with Gasteiger partial charge in [-0.2, -0.15) is 0 Å². The molecule has 0 amide bonds. The molecule has 11 nitrogen and oxygen atoms in total. The van der Waals surface area contributed by atoms with E-state index in [-0.39, 0.29) is 36.8 Å². The highest BCUT2D eigenvalue weighted by Crippen LogP contribution is 2.30. The number of hydrogen-bond donors (Lipinski definition) is 1. The highest BCUT2D eigenvalue weighted by atomic mass is 16.5. The van der Waals surface area contributed by atoms with E-state index in [1.807, 2.05) is 24.3 Å². The molecule has 1 aliphatic heterocycles. The molecule has 194 valence electrons. The normalized spacial score (nSPS) is 16.7. The van der Waals surface area contributed by atoms with E-state index >= 15 is 0 Å². The summed E-state index contributed by atoms with van der Waals surface area (Å²) in [6.07, 6.45) is 1.99. The molecule has 11 heteroatoms. The van der Waals surface area contributed by atoms with Crippen LogP contribution >= 0.6 is 0 Å². The van der Waals surface area contributed by atoms with E-state index < -0.39 is 5.97 Å². The van der Waals surface area contributed by atoms with Crippen LogP contribution in [0, 0.1) is 5.92 Å². The third-order valence-electron chi connectivity index (χ3n) is 6.40. The molecule has 4 rings (SSSR count). The molecule has 0 saturated carbocycles. The number of fused-ring (bicyclic) bond motifs is 1. The summed E-state index contributed by atoms with van der Waals surface area (Å²) in [5, 5.41) is 13.1. The fourth-order valence-electron chi connectivity index (χ4n) is 4.77. The van der Waals surface area contributed by atoms with E-state index in [1.54, 1.807) is 14.0 Å². The predicted octanol–water partition coefficient (Wildman–Crippen LogP) is 2.46. The van der Waals surface area contributed by atoms with E-state index in [0.717, 1.165) is 36.1 Å². The number of methoxy groups -OCH3 is 1. The first-order valence-corrected chi connectivity index (χ1v) is 12.4. The van der Waals surface area contributed by atoms with Crippen molar-refractivity contribution in [3.05, 3.63) is 46.0 Å². The van der Waals surface area contributed by atoms with Gasteiger partial charge >= 0.3 is 5.97 Å². The number of carbonyl (C=O) groups is 1. The van der Waals surface area contributed by atoms with Crippen LogP contribution in [0.25, 0.3) is 10.9 Å². The number of aromatic amines is 1. The lowest BCUT2D eigenvalue weighted by molar-refractivity contribution is -0.144. The number of aromatic nitrogens is 5. The summed E-state index contributed by atoms with van der Waals surface area (Å²) >= 11 is 0. The molecule has 3 aromatic rings. The van der Waals surface area contributed by atoms with Gasteiger partial charge in [0.15, 0.2) is 5.82 Å². The van der Waals surface area contributed by atoms with Gasteiger partial charge in [-0.1, -0.05) is 13.8 Å². The fourth-order valence-corrected chi connectivity index (χ4v) is 4.77. The lowest BCUT2D eigenvalue weighted by atomic mass is 9.99. The summed E-state index contributed by atoms with van der Waals surface area (Å²) in [5.41, 5.74) is 1.21. The summed E-state index contributed by atoms with van der Waals surface area (Å²) in [4.78, 5) is 30.4. The summed E-state index contributed by atoms with van der Waals surface area (Å²) in [6, 6.07) is 7.19. The molecule has 2 aromatic heterocycles. The summed E-state index contributed by atoms with van der Waals surface area (Å²) in [5.74, 6) is 0.946. The monoisotopic (exact) mass is 498 g/mol. The first-order valence-electron chi connectivity index (χ1n) is 12.4. The Morgan fingerprint density at radius 1 is 1.33 bits per heavy atom. The fraction of sp³-hybridized carbons (Fsp3) is 0.560. The van der Waals surface area contributed by atoms with Gasteiger partial charge in [0.05, 0.1) is 25.9 Å². The van der Waals surface area contributed by atoms with Gasteiger partial charge in [0.2, 0.25) is 0 Å². The van der Waals surface area contributed by atoms with E-state index in [1.165, 1.54) is 4.68 Å².